The van der Waals surface area contributed by atoms with Crippen molar-refractivity contribution in [1.29, 1.82) is 0 Å². The van der Waals surface area contributed by atoms with E-state index in [9.17, 15) is 63.3 Å². The molecule has 10 rings (SSSR count). The third kappa shape index (κ3) is 19.3. The first-order valence-corrected chi connectivity index (χ1v) is 34.8. The minimum atomic E-state index is -1.39. The average Bonchev–Trinajstić information content (AvgIpc) is 1.53. The van der Waals surface area contributed by atoms with E-state index >= 15 is 0 Å². The Kier molecular flexibility index (Phi) is 25.8. The molecule has 0 spiro atoms. The Labute approximate surface area is 575 Å². The van der Waals surface area contributed by atoms with Gasteiger partial charge in [0.25, 0.3) is 23.6 Å². The van der Waals surface area contributed by atoms with Crippen LogP contribution in [0.5, 0.6) is 0 Å². The second kappa shape index (κ2) is 32.4. The summed E-state index contributed by atoms with van der Waals surface area (Å²) in [5.41, 5.74) is 2.31. The minimum absolute atomic E-state index is 0. The molecule has 97 heavy (non-hydrogen) atoms. The van der Waals surface area contributed by atoms with Crippen molar-refractivity contribution < 1.29 is 81.4 Å². The number of quaternary nitrogens is 1. The van der Waals surface area contributed by atoms with E-state index in [1.807, 2.05) is 62.3 Å². The topological polar surface area (TPSA) is 401 Å². The van der Waals surface area contributed by atoms with Gasteiger partial charge in [-0.05, 0) is 103 Å². The maximum absolute atomic E-state index is 14.3. The van der Waals surface area contributed by atoms with Crippen LogP contribution < -0.4 is 55.4 Å². The molecule has 13 N–H and O–H groups in total. The second-order valence-corrected chi connectivity index (χ2v) is 31.4. The van der Waals surface area contributed by atoms with Gasteiger partial charge in [0.2, 0.25) is 29.5 Å². The smallest absolute Gasteiger partial charge is 0.326 e. The van der Waals surface area contributed by atoms with Gasteiger partial charge in [0.05, 0.1) is 18.9 Å². The molecule has 2 aromatic heterocycles. The standard InChI is InChI=1S/C33H49N7O6.C27H39N5O5.C9H18N2O2.ClH/c1-32(2,3)26(39-29(44)24(18-9-7-6-8-10-18)38-27(42)21-15-34-13-14-35-21)31(46)40-17-20-23(33(20,4)5)25(40)30(45)36-16-22(41)28(43)37-19-11-12-19;1-26(2,3)21(24(35)32-14-16-18(27(16,4)5)20(32)25(36)37)31-23(34)19(15-9-7-6-8-10-15)30-22(33)17-13-28-11-12-29-17;1-2-3-7(10)8(12)9(13)11-6-4-5-6;/h13-15,18-20,22-26,41H,6-12,16-17H2,1-5H3,(H,36,45)(H,37,43)(H,38,42)(H,39,44);11-13,15-16,18-21H,6-10,14H2,1-5H3,(H,30,33)(H,31,34)(H,36,37);6-8,12H,2-5,10H2,1H3,(H,11,13);1H/t20-,22?,23-,24-,25-,26+;16-,18-,19-,20-,21+;7-,8?;/m000./s1. The molecular weight excluding hydrogens is 1270 g/mol. The molecule has 538 valence electrons. The minimum Gasteiger partial charge on any atom is -1.00 e. The highest BCUT2D eigenvalue weighted by atomic mass is 35.5. The Balaban J connectivity index is 0.000000232. The molecule has 8 fully saturated rings. The molecule has 0 radical (unpaired) electrons. The average molecular weight is 1380 g/mol. The number of piperidine rings is 2. The predicted molar refractivity (Wildman–Crippen MR) is 352 cm³/mol. The fourth-order valence-electron chi connectivity index (χ4n) is 14.9. The Bertz CT molecular complexity index is 3110. The van der Waals surface area contributed by atoms with Crippen molar-refractivity contribution in [1.82, 2.24) is 67.0 Å². The summed E-state index contributed by atoms with van der Waals surface area (Å²) >= 11 is 0. The van der Waals surface area contributed by atoms with Crippen LogP contribution >= 0.6 is 0 Å². The zero-order valence-corrected chi connectivity index (χ0v) is 59.2. The van der Waals surface area contributed by atoms with E-state index in [2.05, 4.69) is 76.7 Å². The monoisotopic (exact) mass is 1370 g/mol. The molecule has 2 aliphatic heterocycles. The van der Waals surface area contributed by atoms with E-state index in [0.29, 0.717) is 19.1 Å². The molecular formula is C69H107ClN14O13. The maximum atomic E-state index is 14.3. The summed E-state index contributed by atoms with van der Waals surface area (Å²) in [5.74, 6) is -5.00. The molecule has 2 saturated heterocycles. The lowest BCUT2D eigenvalue weighted by Gasteiger charge is -2.39. The van der Waals surface area contributed by atoms with Crippen LogP contribution in [-0.4, -0.2) is 190 Å². The molecule has 28 heteroatoms. The predicted octanol–water partition coefficient (Wildman–Crippen LogP) is -0.781. The number of fused-ring (bicyclic) bond motifs is 2. The third-order valence-electron chi connectivity index (χ3n) is 21.3. The van der Waals surface area contributed by atoms with E-state index < -0.39 is 101 Å². The van der Waals surface area contributed by atoms with E-state index in [4.69, 9.17) is 0 Å². The molecule has 27 nitrogen and oxygen atoms in total. The molecule has 2 unspecified atom stereocenters. The lowest BCUT2D eigenvalue weighted by atomic mass is 9.82. The Morgan fingerprint density at radius 1 is 0.577 bits per heavy atom. The van der Waals surface area contributed by atoms with Gasteiger partial charge >= 0.3 is 5.97 Å². The van der Waals surface area contributed by atoms with Crippen LogP contribution in [0.1, 0.15) is 200 Å². The first-order chi connectivity index (χ1) is 45.2. The van der Waals surface area contributed by atoms with Crippen LogP contribution in [0, 0.1) is 57.2 Å². The van der Waals surface area contributed by atoms with Crippen LogP contribution in [0.15, 0.2) is 37.2 Å². The van der Waals surface area contributed by atoms with Crippen molar-refractivity contribution in [3.63, 3.8) is 0 Å². The molecule has 4 heterocycles. The number of carbonyl (C=O) groups excluding carboxylic acids is 9. The van der Waals surface area contributed by atoms with Crippen LogP contribution in [0.25, 0.3) is 0 Å². The van der Waals surface area contributed by atoms with Gasteiger partial charge in [-0.3, -0.25) is 53.1 Å². The summed E-state index contributed by atoms with van der Waals surface area (Å²) in [7, 11) is 0. The SMILES string of the molecule is CC(C)(C)[C@H](NC(=O)[C@@H](NC(=O)c1cnccn1)C1CCCCC1)C(=O)N1C[C@H]2[C@@H]([C@H]1C(=O)NCC(O)C(=O)NC1CC1)C2(C)C.CC(C)(C)[C@H](NC(=O)[C@@H](NC(=O)c1cnccn1)C1CCCCC1)C(=O)N1C[C@H]2[C@@H]([C@H]1C(=O)O)C2(C)C.CCC[C@H]([NH3+])C(O)C(=O)NC1CC1.[Cl-]. The number of nitrogens with zero attached hydrogens (tertiary/aromatic N) is 6. The number of carbonyl (C=O) groups is 10. The van der Waals surface area contributed by atoms with Crippen LogP contribution in [0.4, 0.5) is 0 Å². The van der Waals surface area contributed by atoms with Gasteiger partial charge in [-0.15, -0.1) is 0 Å². The number of carboxylic acid groups (broad SMARTS) is 1. The lowest BCUT2D eigenvalue weighted by Crippen LogP contribution is -3.00. The van der Waals surface area contributed by atoms with Gasteiger partial charge in [0, 0.05) is 62.3 Å². The quantitative estimate of drug-likeness (QED) is 0.0650. The van der Waals surface area contributed by atoms with Crippen LogP contribution in [0.2, 0.25) is 0 Å². The van der Waals surface area contributed by atoms with Gasteiger partial charge in [0.1, 0.15) is 59.8 Å². The highest BCUT2D eigenvalue weighted by molar-refractivity contribution is 6.00. The Morgan fingerprint density at radius 2 is 0.979 bits per heavy atom. The number of carboxylic acids is 1. The van der Waals surface area contributed by atoms with E-state index in [0.717, 1.165) is 103 Å². The van der Waals surface area contributed by atoms with E-state index in [1.165, 1.54) is 42.1 Å². The Hall–Kier alpha value is -6.97. The number of hydrogen-bond donors (Lipinski definition) is 11. The van der Waals surface area contributed by atoms with Crippen LogP contribution in [0.3, 0.4) is 0 Å². The molecule has 0 bridgehead atoms. The summed E-state index contributed by atoms with van der Waals surface area (Å²) in [6.07, 6.45) is 20.8. The van der Waals surface area contributed by atoms with Gasteiger partial charge in [-0.25, -0.2) is 14.8 Å². The van der Waals surface area contributed by atoms with E-state index in [1.54, 1.807) is 4.90 Å². The number of likely N-dealkylation sites (tertiary alicyclic amines) is 2. The van der Waals surface area contributed by atoms with Crippen molar-refractivity contribution in [2.75, 3.05) is 19.6 Å². The molecule has 6 aliphatic carbocycles. The van der Waals surface area contributed by atoms with Crippen molar-refractivity contribution in [3.05, 3.63) is 48.6 Å². The van der Waals surface area contributed by atoms with Crippen LogP contribution in [-0.2, 0) is 38.4 Å². The maximum Gasteiger partial charge on any atom is 0.326 e. The molecule has 0 aromatic carbocycles. The van der Waals surface area contributed by atoms with Gasteiger partial charge < -0.3 is 80.5 Å². The first kappa shape index (κ1) is 77.4. The highest BCUT2D eigenvalue weighted by Crippen LogP contribution is 2.66. The van der Waals surface area contributed by atoms with Crippen molar-refractivity contribution in [2.24, 2.45) is 57.2 Å². The summed E-state index contributed by atoms with van der Waals surface area (Å²) < 4.78 is 0. The lowest BCUT2D eigenvalue weighted by molar-refractivity contribution is -0.434. The highest BCUT2D eigenvalue weighted by Gasteiger charge is 2.71. The second-order valence-electron chi connectivity index (χ2n) is 31.4. The van der Waals surface area contributed by atoms with Crippen molar-refractivity contribution >= 4 is 59.1 Å². The molecule has 8 aliphatic rings. The van der Waals surface area contributed by atoms with Gasteiger partial charge in [-0.2, -0.15) is 0 Å². The zero-order chi connectivity index (χ0) is 70.4. The van der Waals surface area contributed by atoms with E-state index in [-0.39, 0.29) is 106 Å². The number of nitrogens with one attached hydrogen (secondary N) is 7. The first-order valence-electron chi connectivity index (χ1n) is 34.8. The van der Waals surface area contributed by atoms with Gasteiger partial charge in [-0.1, -0.05) is 121 Å². The fraction of sp³-hybridized carbons (Fsp3) is 0.739. The number of halogens is 1. The Morgan fingerprint density at radius 3 is 1.35 bits per heavy atom. The number of hydrogen-bond acceptors (Lipinski definition) is 16. The molecule has 13 atom stereocenters. The summed E-state index contributed by atoms with van der Waals surface area (Å²) in [4.78, 5) is 150. The zero-order valence-electron chi connectivity index (χ0n) is 58.4. The fourth-order valence-corrected chi connectivity index (χ4v) is 14.9. The van der Waals surface area contributed by atoms with Crippen molar-refractivity contribution in [3.8, 4) is 0 Å². The summed E-state index contributed by atoms with van der Waals surface area (Å²) in [6.45, 7) is 21.8. The van der Waals surface area contributed by atoms with Crippen molar-refractivity contribution in [2.45, 2.75) is 245 Å². The largest absolute Gasteiger partial charge is 1.00 e. The number of aliphatic hydroxyl groups excluding tert-OH is 2. The summed E-state index contributed by atoms with van der Waals surface area (Å²) in [6, 6.07) is -5.13. The number of rotatable bonds is 23. The molecule has 2 aromatic rings. The normalized spacial score (nSPS) is 25.1. The number of aliphatic hydroxyl groups is 2. The molecule has 6 saturated carbocycles. The third-order valence-corrected chi connectivity index (χ3v) is 21.3. The number of aliphatic carboxylic acids is 1. The summed E-state index contributed by atoms with van der Waals surface area (Å²) in [5, 5.41) is 49.6. The molecule has 9 amide bonds. The number of aromatic nitrogens is 4. The number of amides is 9. The van der Waals surface area contributed by atoms with Gasteiger partial charge in [0.15, 0.2) is 6.10 Å².